The Labute approximate surface area is 72.3 Å². The van der Waals surface area contributed by atoms with E-state index < -0.39 is 0 Å². The first-order chi connectivity index (χ1) is 5.90. The van der Waals surface area contributed by atoms with Gasteiger partial charge in [0, 0.05) is 18.4 Å². The van der Waals surface area contributed by atoms with Crippen molar-refractivity contribution < 1.29 is 0 Å². The number of likely N-dealkylation sites (N-methyl/N-ethyl adjacent to an activating group) is 1. The molecule has 1 aliphatic heterocycles. The summed E-state index contributed by atoms with van der Waals surface area (Å²) in [5, 5.41) is 6.48. The Balaban J connectivity index is 2.41. The topological polar surface area (TPSA) is 24.1 Å². The van der Waals surface area contributed by atoms with E-state index in [1.807, 2.05) is 13.1 Å². The number of hydrogen-bond acceptors (Lipinski definition) is 2. The molecule has 1 heterocycles. The minimum absolute atomic E-state index is 0.896. The number of para-hydroxylation sites is 1. The quantitative estimate of drug-likeness (QED) is 0.653. The molecule has 0 aromatic heterocycles. The predicted molar refractivity (Wildman–Crippen MR) is 52.0 cm³/mol. The zero-order valence-corrected chi connectivity index (χ0v) is 7.09. The highest BCUT2D eigenvalue weighted by Gasteiger charge is 2.05. The summed E-state index contributed by atoms with van der Waals surface area (Å²) in [6.07, 6.45) is 2.17. The van der Waals surface area contributed by atoms with E-state index in [0.29, 0.717) is 0 Å². The monoisotopic (exact) mass is 160 g/mol. The number of rotatable bonds is 1. The van der Waals surface area contributed by atoms with Crippen LogP contribution >= 0.6 is 0 Å². The van der Waals surface area contributed by atoms with Crippen LogP contribution in [0.4, 0.5) is 5.69 Å². The van der Waals surface area contributed by atoms with Gasteiger partial charge < -0.3 is 10.6 Å². The van der Waals surface area contributed by atoms with Gasteiger partial charge in [0.15, 0.2) is 0 Å². The third-order valence-corrected chi connectivity index (χ3v) is 2.08. The SMILES string of the molecule is CNC1=Cc2ccccc2NC1. The molecule has 0 saturated carbocycles. The lowest BCUT2D eigenvalue weighted by Gasteiger charge is -2.17. The molecule has 62 valence electrons. The first kappa shape index (κ1) is 7.22. The van der Waals surface area contributed by atoms with Crippen LogP contribution in [0.1, 0.15) is 5.56 Å². The van der Waals surface area contributed by atoms with Crippen molar-refractivity contribution in [3.8, 4) is 0 Å². The van der Waals surface area contributed by atoms with Gasteiger partial charge in [-0.15, -0.1) is 0 Å². The van der Waals surface area contributed by atoms with Crippen LogP contribution in [0.5, 0.6) is 0 Å². The number of benzene rings is 1. The Bertz CT molecular complexity index is 315. The van der Waals surface area contributed by atoms with Crippen molar-refractivity contribution in [2.45, 2.75) is 0 Å². The predicted octanol–water partition coefficient (Wildman–Crippen LogP) is 1.67. The lowest BCUT2D eigenvalue weighted by atomic mass is 10.1. The molecule has 1 aromatic carbocycles. The van der Waals surface area contributed by atoms with Crippen LogP contribution in [-0.4, -0.2) is 13.6 Å². The van der Waals surface area contributed by atoms with Gasteiger partial charge >= 0.3 is 0 Å². The standard InChI is InChI=1S/C10H12N2/c1-11-9-6-8-4-2-3-5-10(8)12-7-9/h2-6,11-12H,7H2,1H3. The number of fused-ring (bicyclic) bond motifs is 1. The molecule has 0 fully saturated rings. The molecule has 0 atom stereocenters. The molecule has 1 aliphatic rings. The highest BCUT2D eigenvalue weighted by atomic mass is 15.0. The Morgan fingerprint density at radius 3 is 3.00 bits per heavy atom. The van der Waals surface area contributed by atoms with Crippen molar-refractivity contribution >= 4 is 11.8 Å². The van der Waals surface area contributed by atoms with Gasteiger partial charge in [-0.2, -0.15) is 0 Å². The molecule has 0 spiro atoms. The summed E-state index contributed by atoms with van der Waals surface area (Å²) in [7, 11) is 1.95. The average Bonchev–Trinajstić information content (AvgIpc) is 2.17. The van der Waals surface area contributed by atoms with Crippen molar-refractivity contribution in [3.63, 3.8) is 0 Å². The molecule has 0 aliphatic carbocycles. The van der Waals surface area contributed by atoms with Gasteiger partial charge in [0.25, 0.3) is 0 Å². The molecule has 1 aromatic rings. The minimum atomic E-state index is 0.896. The van der Waals surface area contributed by atoms with Crippen LogP contribution in [0.15, 0.2) is 30.0 Å². The third kappa shape index (κ3) is 1.16. The smallest absolute Gasteiger partial charge is 0.0548 e. The first-order valence-corrected chi connectivity index (χ1v) is 4.11. The maximum absolute atomic E-state index is 3.33. The Kier molecular flexibility index (Phi) is 1.74. The lowest BCUT2D eigenvalue weighted by molar-refractivity contribution is 0.954. The van der Waals surface area contributed by atoms with Crippen LogP contribution in [0.25, 0.3) is 6.08 Å². The highest BCUT2D eigenvalue weighted by molar-refractivity contribution is 5.71. The van der Waals surface area contributed by atoms with E-state index in [-0.39, 0.29) is 0 Å². The maximum Gasteiger partial charge on any atom is 0.0548 e. The molecule has 2 N–H and O–H groups in total. The molecule has 2 rings (SSSR count). The highest BCUT2D eigenvalue weighted by Crippen LogP contribution is 2.21. The zero-order chi connectivity index (χ0) is 8.39. The molecule has 12 heavy (non-hydrogen) atoms. The lowest BCUT2D eigenvalue weighted by Crippen LogP contribution is -2.19. The fourth-order valence-corrected chi connectivity index (χ4v) is 1.37. The van der Waals surface area contributed by atoms with Crippen molar-refractivity contribution in [3.05, 3.63) is 35.5 Å². The molecule has 0 saturated heterocycles. The summed E-state index contributed by atoms with van der Waals surface area (Å²) in [6.45, 7) is 0.896. The molecule has 0 bridgehead atoms. The van der Waals surface area contributed by atoms with E-state index in [0.717, 1.165) is 6.54 Å². The van der Waals surface area contributed by atoms with Crippen LogP contribution in [0.2, 0.25) is 0 Å². The van der Waals surface area contributed by atoms with Gasteiger partial charge in [0.05, 0.1) is 6.54 Å². The van der Waals surface area contributed by atoms with Crippen molar-refractivity contribution in [1.29, 1.82) is 0 Å². The Hall–Kier alpha value is -1.44. The molecular weight excluding hydrogens is 148 g/mol. The van der Waals surface area contributed by atoms with E-state index in [1.54, 1.807) is 0 Å². The van der Waals surface area contributed by atoms with Gasteiger partial charge in [0.1, 0.15) is 0 Å². The molecule has 2 heteroatoms. The van der Waals surface area contributed by atoms with Crippen LogP contribution in [0.3, 0.4) is 0 Å². The fourth-order valence-electron chi connectivity index (χ4n) is 1.37. The van der Waals surface area contributed by atoms with Crippen molar-refractivity contribution in [2.75, 3.05) is 18.9 Å². The summed E-state index contributed by atoms with van der Waals surface area (Å²) < 4.78 is 0. The van der Waals surface area contributed by atoms with E-state index in [4.69, 9.17) is 0 Å². The van der Waals surface area contributed by atoms with Gasteiger partial charge in [-0.3, -0.25) is 0 Å². The van der Waals surface area contributed by atoms with Gasteiger partial charge in [-0.05, 0) is 17.7 Å². The van der Waals surface area contributed by atoms with E-state index >= 15 is 0 Å². The fraction of sp³-hybridized carbons (Fsp3) is 0.200. The normalized spacial score (nSPS) is 14.2. The number of anilines is 1. The summed E-state index contributed by atoms with van der Waals surface area (Å²) in [6, 6.07) is 8.30. The number of hydrogen-bond donors (Lipinski definition) is 2. The summed E-state index contributed by atoms with van der Waals surface area (Å²) in [5.74, 6) is 0. The molecule has 0 unspecified atom stereocenters. The third-order valence-electron chi connectivity index (χ3n) is 2.08. The largest absolute Gasteiger partial charge is 0.390 e. The van der Waals surface area contributed by atoms with Crippen LogP contribution < -0.4 is 10.6 Å². The number of nitrogens with one attached hydrogen (secondary N) is 2. The minimum Gasteiger partial charge on any atom is -0.390 e. The summed E-state index contributed by atoms with van der Waals surface area (Å²) in [5.41, 5.74) is 3.71. The van der Waals surface area contributed by atoms with Crippen molar-refractivity contribution in [1.82, 2.24) is 5.32 Å². The zero-order valence-electron chi connectivity index (χ0n) is 7.09. The first-order valence-electron chi connectivity index (χ1n) is 4.11. The van der Waals surface area contributed by atoms with E-state index in [9.17, 15) is 0 Å². The molecule has 0 amide bonds. The molecule has 2 nitrogen and oxygen atoms in total. The maximum atomic E-state index is 3.33. The van der Waals surface area contributed by atoms with Gasteiger partial charge in [0.2, 0.25) is 0 Å². The van der Waals surface area contributed by atoms with Crippen LogP contribution in [-0.2, 0) is 0 Å². The average molecular weight is 160 g/mol. The van der Waals surface area contributed by atoms with E-state index in [1.165, 1.54) is 16.9 Å². The molecular formula is C10H12N2. The van der Waals surface area contributed by atoms with Crippen LogP contribution in [0, 0.1) is 0 Å². The Morgan fingerprint density at radius 2 is 2.17 bits per heavy atom. The summed E-state index contributed by atoms with van der Waals surface area (Å²) in [4.78, 5) is 0. The second-order valence-corrected chi connectivity index (χ2v) is 2.86. The van der Waals surface area contributed by atoms with Gasteiger partial charge in [-0.1, -0.05) is 18.2 Å². The Morgan fingerprint density at radius 1 is 1.33 bits per heavy atom. The van der Waals surface area contributed by atoms with Gasteiger partial charge in [-0.25, -0.2) is 0 Å². The van der Waals surface area contributed by atoms with Crippen molar-refractivity contribution in [2.24, 2.45) is 0 Å². The molecule has 0 radical (unpaired) electrons. The second kappa shape index (κ2) is 2.89. The van der Waals surface area contributed by atoms with E-state index in [2.05, 4.69) is 34.9 Å². The second-order valence-electron chi connectivity index (χ2n) is 2.86. The summed E-state index contributed by atoms with van der Waals surface area (Å²) >= 11 is 0.